The Hall–Kier alpha value is -3.09. The number of phenolic OH excluding ortho intramolecular Hbond substituents is 2. The van der Waals surface area contributed by atoms with Crippen molar-refractivity contribution in [1.29, 1.82) is 0 Å². The summed E-state index contributed by atoms with van der Waals surface area (Å²) in [6.45, 7) is 9.10. The van der Waals surface area contributed by atoms with Crippen molar-refractivity contribution < 1.29 is 29.2 Å². The minimum atomic E-state index is -0.268. The van der Waals surface area contributed by atoms with E-state index in [-0.39, 0.29) is 17.4 Å². The predicted molar refractivity (Wildman–Crippen MR) is 110 cm³/mol. The maximum absolute atomic E-state index is 12.7. The first-order chi connectivity index (χ1) is 13.9. The van der Waals surface area contributed by atoms with Crippen LogP contribution >= 0.6 is 0 Å². The van der Waals surface area contributed by atoms with E-state index in [9.17, 15) is 15.0 Å². The number of phenols is 2. The van der Waals surface area contributed by atoms with Gasteiger partial charge >= 0.3 is 0 Å². The van der Waals surface area contributed by atoms with Gasteiger partial charge in [-0.05, 0) is 69.5 Å². The molecule has 2 aromatic carbocycles. The van der Waals surface area contributed by atoms with Crippen molar-refractivity contribution in [3.05, 3.63) is 41.0 Å². The summed E-state index contributed by atoms with van der Waals surface area (Å²) >= 11 is 0. The lowest BCUT2D eigenvalue weighted by atomic mass is 10.0. The summed E-state index contributed by atoms with van der Waals surface area (Å²) in [5, 5.41) is 22.1. The molecule has 7 heteroatoms. The SMILES string of the molecule is CCOc1cc(C(=O)NCCc2cc(O)c(O)cc2C)cc(OCC)c1OCC. The molecular weight excluding hydrogens is 374 g/mol. The number of carbonyl (C=O) groups excluding carboxylic acids is 1. The fourth-order valence-electron chi connectivity index (χ4n) is 2.93. The van der Waals surface area contributed by atoms with Crippen molar-refractivity contribution in [1.82, 2.24) is 5.32 Å². The lowest BCUT2D eigenvalue weighted by Gasteiger charge is -2.17. The van der Waals surface area contributed by atoms with Crippen LogP contribution in [0.2, 0.25) is 0 Å². The summed E-state index contributed by atoms with van der Waals surface area (Å²) in [6.07, 6.45) is 0.513. The molecule has 0 aliphatic heterocycles. The van der Waals surface area contributed by atoms with Gasteiger partial charge in [-0.3, -0.25) is 4.79 Å². The first-order valence-electron chi connectivity index (χ1n) is 9.77. The predicted octanol–water partition coefficient (Wildman–Crippen LogP) is 3.57. The van der Waals surface area contributed by atoms with E-state index in [0.717, 1.165) is 11.1 Å². The van der Waals surface area contributed by atoms with Crippen LogP contribution in [0.1, 0.15) is 42.3 Å². The number of carbonyl (C=O) groups is 1. The zero-order valence-corrected chi connectivity index (χ0v) is 17.4. The lowest BCUT2D eigenvalue weighted by Crippen LogP contribution is -2.26. The summed E-state index contributed by atoms with van der Waals surface area (Å²) in [7, 11) is 0. The van der Waals surface area contributed by atoms with Crippen molar-refractivity contribution in [2.24, 2.45) is 0 Å². The third-order valence-corrected chi connectivity index (χ3v) is 4.28. The molecule has 0 saturated carbocycles. The van der Waals surface area contributed by atoms with Crippen LogP contribution in [0.25, 0.3) is 0 Å². The molecule has 158 valence electrons. The van der Waals surface area contributed by atoms with Crippen LogP contribution < -0.4 is 19.5 Å². The minimum absolute atomic E-state index is 0.156. The Morgan fingerprint density at radius 3 is 2.00 bits per heavy atom. The Morgan fingerprint density at radius 2 is 1.45 bits per heavy atom. The molecule has 0 spiro atoms. The zero-order valence-electron chi connectivity index (χ0n) is 17.4. The monoisotopic (exact) mass is 403 g/mol. The van der Waals surface area contributed by atoms with Gasteiger partial charge in [0.15, 0.2) is 23.0 Å². The number of nitrogens with one attached hydrogen (secondary N) is 1. The topological polar surface area (TPSA) is 97.3 Å². The van der Waals surface area contributed by atoms with E-state index in [1.807, 2.05) is 27.7 Å². The van der Waals surface area contributed by atoms with Crippen LogP contribution in [-0.2, 0) is 6.42 Å². The smallest absolute Gasteiger partial charge is 0.251 e. The van der Waals surface area contributed by atoms with Gasteiger partial charge in [-0.15, -0.1) is 0 Å². The number of benzene rings is 2. The maximum Gasteiger partial charge on any atom is 0.251 e. The van der Waals surface area contributed by atoms with E-state index in [1.165, 1.54) is 12.1 Å². The highest BCUT2D eigenvalue weighted by Gasteiger charge is 2.18. The Labute approximate surface area is 171 Å². The summed E-state index contributed by atoms with van der Waals surface area (Å²) in [5.41, 5.74) is 2.09. The molecule has 0 fully saturated rings. The highest BCUT2D eigenvalue weighted by atomic mass is 16.5. The summed E-state index contributed by atoms with van der Waals surface area (Å²) in [5.74, 6) is 0.816. The average molecular weight is 403 g/mol. The quantitative estimate of drug-likeness (QED) is 0.525. The number of amides is 1. The molecule has 29 heavy (non-hydrogen) atoms. The Morgan fingerprint density at radius 1 is 0.897 bits per heavy atom. The van der Waals surface area contributed by atoms with Gasteiger partial charge in [0.2, 0.25) is 5.75 Å². The number of aryl methyl sites for hydroxylation is 1. The molecule has 1 amide bonds. The highest BCUT2D eigenvalue weighted by Crippen LogP contribution is 2.39. The molecule has 0 unspecified atom stereocenters. The van der Waals surface area contributed by atoms with E-state index in [0.29, 0.717) is 55.6 Å². The standard InChI is InChI=1S/C22H29NO6/c1-5-27-19-12-16(13-20(28-6-2)21(19)29-7-3)22(26)23-9-8-15-11-18(25)17(24)10-14(15)4/h10-13,24-25H,5-9H2,1-4H3,(H,23,26). The number of hydrogen-bond donors (Lipinski definition) is 3. The fourth-order valence-corrected chi connectivity index (χ4v) is 2.93. The van der Waals surface area contributed by atoms with Crippen LogP contribution in [0.5, 0.6) is 28.7 Å². The molecule has 2 rings (SSSR count). The van der Waals surface area contributed by atoms with Crippen molar-refractivity contribution in [3.63, 3.8) is 0 Å². The van der Waals surface area contributed by atoms with Crippen LogP contribution in [0.3, 0.4) is 0 Å². The van der Waals surface area contributed by atoms with Crippen molar-refractivity contribution in [2.45, 2.75) is 34.1 Å². The first kappa shape index (κ1) is 22.2. The average Bonchev–Trinajstić information content (AvgIpc) is 2.68. The van der Waals surface area contributed by atoms with E-state index in [1.54, 1.807) is 12.1 Å². The van der Waals surface area contributed by atoms with E-state index >= 15 is 0 Å². The number of aromatic hydroxyl groups is 2. The van der Waals surface area contributed by atoms with Gasteiger partial charge in [0.25, 0.3) is 5.91 Å². The van der Waals surface area contributed by atoms with E-state index in [2.05, 4.69) is 5.32 Å². The van der Waals surface area contributed by atoms with Crippen LogP contribution in [0.15, 0.2) is 24.3 Å². The molecular formula is C22H29NO6. The minimum Gasteiger partial charge on any atom is -0.504 e. The van der Waals surface area contributed by atoms with Gasteiger partial charge in [-0.1, -0.05) is 0 Å². The Balaban J connectivity index is 2.16. The molecule has 3 N–H and O–H groups in total. The molecule has 0 aliphatic rings. The van der Waals surface area contributed by atoms with Crippen LogP contribution in [0, 0.1) is 6.92 Å². The van der Waals surface area contributed by atoms with Gasteiger partial charge in [0.05, 0.1) is 19.8 Å². The third kappa shape index (κ3) is 5.70. The number of ether oxygens (including phenoxy) is 3. The summed E-state index contributed by atoms with van der Waals surface area (Å²) in [6, 6.07) is 6.30. The number of rotatable bonds is 10. The summed E-state index contributed by atoms with van der Waals surface area (Å²) in [4.78, 5) is 12.7. The van der Waals surface area contributed by atoms with Gasteiger partial charge in [0.1, 0.15) is 0 Å². The zero-order chi connectivity index (χ0) is 21.4. The second-order valence-electron chi connectivity index (χ2n) is 6.37. The Kier molecular flexibility index (Phi) is 8.00. The second-order valence-corrected chi connectivity index (χ2v) is 6.37. The van der Waals surface area contributed by atoms with E-state index < -0.39 is 0 Å². The largest absolute Gasteiger partial charge is 0.504 e. The van der Waals surface area contributed by atoms with Crippen molar-refractivity contribution in [2.75, 3.05) is 26.4 Å². The van der Waals surface area contributed by atoms with E-state index in [4.69, 9.17) is 14.2 Å². The molecule has 0 radical (unpaired) electrons. The normalized spacial score (nSPS) is 10.5. The van der Waals surface area contributed by atoms with Gasteiger partial charge in [-0.25, -0.2) is 0 Å². The van der Waals surface area contributed by atoms with Crippen molar-refractivity contribution in [3.8, 4) is 28.7 Å². The van der Waals surface area contributed by atoms with Gasteiger partial charge < -0.3 is 29.7 Å². The first-order valence-corrected chi connectivity index (χ1v) is 9.77. The maximum atomic E-state index is 12.7. The van der Waals surface area contributed by atoms with Crippen molar-refractivity contribution >= 4 is 5.91 Å². The van der Waals surface area contributed by atoms with Gasteiger partial charge in [-0.2, -0.15) is 0 Å². The molecule has 0 aromatic heterocycles. The molecule has 0 heterocycles. The van der Waals surface area contributed by atoms with Crippen LogP contribution in [-0.4, -0.2) is 42.5 Å². The highest BCUT2D eigenvalue weighted by molar-refractivity contribution is 5.95. The molecule has 0 atom stereocenters. The molecule has 0 aliphatic carbocycles. The van der Waals surface area contributed by atoms with Gasteiger partial charge in [0, 0.05) is 12.1 Å². The summed E-state index contributed by atoms with van der Waals surface area (Å²) < 4.78 is 16.9. The Bertz CT molecular complexity index is 822. The molecule has 0 bridgehead atoms. The third-order valence-electron chi connectivity index (χ3n) is 4.28. The fraction of sp³-hybridized carbons (Fsp3) is 0.409. The lowest BCUT2D eigenvalue weighted by molar-refractivity contribution is 0.0953. The van der Waals surface area contributed by atoms with Crippen LogP contribution in [0.4, 0.5) is 0 Å². The molecule has 0 saturated heterocycles. The molecule has 7 nitrogen and oxygen atoms in total. The molecule has 2 aromatic rings. The second kappa shape index (κ2) is 10.5. The number of hydrogen-bond acceptors (Lipinski definition) is 6.